The van der Waals surface area contributed by atoms with E-state index in [-0.39, 0.29) is 5.54 Å². The molecule has 0 amide bonds. The second-order valence-corrected chi connectivity index (χ2v) is 2.89. The first-order chi connectivity index (χ1) is 5.31. The molecule has 2 aliphatic heterocycles. The number of aliphatic imine (C=N–C) groups is 1. The third-order valence-electron chi connectivity index (χ3n) is 1.99. The molecular formula is C9H10N2. The van der Waals surface area contributed by atoms with E-state index in [9.17, 15) is 0 Å². The average Bonchev–Trinajstić information content (AvgIpc) is 2.03. The Morgan fingerprint density at radius 3 is 3.18 bits per heavy atom. The normalized spacial score (nSPS) is 32.6. The maximum atomic E-state index is 4.26. The average molecular weight is 146 g/mol. The van der Waals surface area contributed by atoms with Crippen LogP contribution in [0.25, 0.3) is 0 Å². The minimum atomic E-state index is -0.0799. The number of hydrogen-bond donors (Lipinski definition) is 1. The molecule has 11 heavy (non-hydrogen) atoms. The molecule has 0 saturated heterocycles. The molecule has 0 aliphatic carbocycles. The van der Waals surface area contributed by atoms with E-state index in [2.05, 4.69) is 23.3 Å². The van der Waals surface area contributed by atoms with E-state index < -0.39 is 0 Å². The molecule has 2 heteroatoms. The molecule has 0 radical (unpaired) electrons. The van der Waals surface area contributed by atoms with Crippen LogP contribution >= 0.6 is 0 Å². The van der Waals surface area contributed by atoms with Crippen LogP contribution in [0.15, 0.2) is 41.2 Å². The van der Waals surface area contributed by atoms with Crippen molar-refractivity contribution in [2.24, 2.45) is 4.99 Å². The van der Waals surface area contributed by atoms with Crippen LogP contribution < -0.4 is 5.32 Å². The van der Waals surface area contributed by atoms with Crippen LogP contribution in [0.3, 0.4) is 0 Å². The largest absolute Gasteiger partial charge is 0.377 e. The number of nitrogens with one attached hydrogen (secondary N) is 1. The molecule has 0 aromatic rings. The van der Waals surface area contributed by atoms with Crippen molar-refractivity contribution in [3.05, 3.63) is 36.2 Å². The topological polar surface area (TPSA) is 24.4 Å². The molecule has 0 aromatic heterocycles. The predicted octanol–water partition coefficient (Wildman–Crippen LogP) is 1.39. The van der Waals surface area contributed by atoms with Gasteiger partial charge in [-0.25, -0.2) is 0 Å². The van der Waals surface area contributed by atoms with Gasteiger partial charge in [0.1, 0.15) is 0 Å². The Kier molecular flexibility index (Phi) is 1.22. The summed E-state index contributed by atoms with van der Waals surface area (Å²) in [6.45, 7) is 2.11. The zero-order chi connectivity index (χ0) is 7.73. The summed E-state index contributed by atoms with van der Waals surface area (Å²) < 4.78 is 0. The van der Waals surface area contributed by atoms with Gasteiger partial charge in [0, 0.05) is 6.21 Å². The molecule has 2 heterocycles. The highest BCUT2D eigenvalue weighted by molar-refractivity contribution is 5.75. The minimum absolute atomic E-state index is 0.0799. The van der Waals surface area contributed by atoms with Gasteiger partial charge in [-0.05, 0) is 31.4 Å². The van der Waals surface area contributed by atoms with E-state index in [1.165, 1.54) is 0 Å². The Labute approximate surface area is 66.0 Å². The minimum Gasteiger partial charge on any atom is -0.377 e. The van der Waals surface area contributed by atoms with Gasteiger partial charge in [-0.15, -0.1) is 0 Å². The van der Waals surface area contributed by atoms with Crippen LogP contribution in [0.1, 0.15) is 6.92 Å². The van der Waals surface area contributed by atoms with E-state index in [1.807, 2.05) is 30.6 Å². The lowest BCUT2D eigenvalue weighted by Gasteiger charge is -2.30. The van der Waals surface area contributed by atoms with Crippen molar-refractivity contribution in [3.8, 4) is 0 Å². The zero-order valence-corrected chi connectivity index (χ0v) is 6.41. The number of hydrogen-bond acceptors (Lipinski definition) is 2. The molecule has 0 fully saturated rings. The molecule has 2 rings (SSSR count). The van der Waals surface area contributed by atoms with Crippen molar-refractivity contribution in [2.75, 3.05) is 0 Å². The van der Waals surface area contributed by atoms with Crippen LogP contribution in [0, 0.1) is 0 Å². The molecule has 1 N–H and O–H groups in total. The standard InChI is InChI=1S/C9H10N2/c1-9-5-3-6-10-8(9)4-2-7-11-9/h2-7,11H,1H3. The van der Waals surface area contributed by atoms with Crippen molar-refractivity contribution in [1.82, 2.24) is 5.32 Å². The highest BCUT2D eigenvalue weighted by Gasteiger charge is 2.26. The predicted molar refractivity (Wildman–Crippen MR) is 46.4 cm³/mol. The Morgan fingerprint density at radius 1 is 1.45 bits per heavy atom. The maximum absolute atomic E-state index is 4.26. The first kappa shape index (κ1) is 6.40. The summed E-state index contributed by atoms with van der Waals surface area (Å²) in [5, 5.41) is 3.25. The smallest absolute Gasteiger partial charge is 0.0952 e. The lowest BCUT2D eigenvalue weighted by molar-refractivity contribution is 0.567. The number of nitrogens with zero attached hydrogens (tertiary/aromatic N) is 1. The highest BCUT2D eigenvalue weighted by atomic mass is 15.0. The monoisotopic (exact) mass is 146 g/mol. The van der Waals surface area contributed by atoms with Crippen molar-refractivity contribution < 1.29 is 0 Å². The van der Waals surface area contributed by atoms with Gasteiger partial charge in [-0.1, -0.05) is 6.08 Å². The van der Waals surface area contributed by atoms with Crippen molar-refractivity contribution in [3.63, 3.8) is 0 Å². The van der Waals surface area contributed by atoms with Gasteiger partial charge in [0.05, 0.1) is 11.2 Å². The van der Waals surface area contributed by atoms with Gasteiger partial charge in [-0.2, -0.15) is 0 Å². The fourth-order valence-electron chi connectivity index (χ4n) is 1.28. The quantitative estimate of drug-likeness (QED) is 0.548. The van der Waals surface area contributed by atoms with Gasteiger partial charge >= 0.3 is 0 Å². The molecular weight excluding hydrogens is 136 g/mol. The molecule has 56 valence electrons. The Balaban J connectivity index is 2.45. The second kappa shape index (κ2) is 2.09. The summed E-state index contributed by atoms with van der Waals surface area (Å²) in [5.41, 5.74) is 0.992. The Morgan fingerprint density at radius 2 is 2.36 bits per heavy atom. The van der Waals surface area contributed by atoms with Gasteiger partial charge in [-0.3, -0.25) is 4.99 Å². The lowest BCUT2D eigenvalue weighted by Crippen LogP contribution is -2.40. The fourth-order valence-corrected chi connectivity index (χ4v) is 1.28. The first-order valence-electron chi connectivity index (χ1n) is 3.68. The van der Waals surface area contributed by atoms with Crippen molar-refractivity contribution in [2.45, 2.75) is 12.5 Å². The summed E-state index contributed by atoms with van der Waals surface area (Å²) in [6.07, 6.45) is 11.8. The molecule has 0 saturated carbocycles. The van der Waals surface area contributed by atoms with E-state index >= 15 is 0 Å². The van der Waals surface area contributed by atoms with Crippen LogP contribution in [0.5, 0.6) is 0 Å². The third-order valence-corrected chi connectivity index (χ3v) is 1.99. The molecule has 0 aromatic carbocycles. The SMILES string of the molecule is CC12C=CC=NC1=CC=CN2. The second-order valence-electron chi connectivity index (χ2n) is 2.89. The highest BCUT2D eigenvalue weighted by Crippen LogP contribution is 2.24. The van der Waals surface area contributed by atoms with Crippen LogP contribution in [0.4, 0.5) is 0 Å². The van der Waals surface area contributed by atoms with Crippen LogP contribution in [-0.2, 0) is 0 Å². The van der Waals surface area contributed by atoms with E-state index in [1.54, 1.807) is 0 Å². The Hall–Kier alpha value is -1.31. The van der Waals surface area contributed by atoms with Gasteiger partial charge < -0.3 is 5.32 Å². The van der Waals surface area contributed by atoms with Crippen molar-refractivity contribution in [1.29, 1.82) is 0 Å². The first-order valence-corrected chi connectivity index (χ1v) is 3.68. The zero-order valence-electron chi connectivity index (χ0n) is 6.41. The number of allylic oxidation sites excluding steroid dienone is 3. The number of rotatable bonds is 0. The third kappa shape index (κ3) is 0.909. The summed E-state index contributed by atoms with van der Waals surface area (Å²) in [6, 6.07) is 0. The molecule has 1 unspecified atom stereocenters. The number of fused-ring (bicyclic) bond motifs is 1. The maximum Gasteiger partial charge on any atom is 0.0952 e. The van der Waals surface area contributed by atoms with Gasteiger partial charge in [0.25, 0.3) is 0 Å². The molecule has 0 spiro atoms. The molecule has 1 atom stereocenters. The fraction of sp³-hybridized carbons (Fsp3) is 0.222. The summed E-state index contributed by atoms with van der Waals surface area (Å²) in [5.74, 6) is 0. The van der Waals surface area contributed by atoms with Crippen molar-refractivity contribution >= 4 is 6.21 Å². The van der Waals surface area contributed by atoms with Gasteiger partial charge in [0.2, 0.25) is 0 Å². The van der Waals surface area contributed by atoms with E-state index in [0.29, 0.717) is 0 Å². The summed E-state index contributed by atoms with van der Waals surface area (Å²) in [4.78, 5) is 4.26. The summed E-state index contributed by atoms with van der Waals surface area (Å²) >= 11 is 0. The lowest BCUT2D eigenvalue weighted by atomic mass is 9.94. The number of dihydropyridines is 2. The molecule has 2 nitrogen and oxygen atoms in total. The van der Waals surface area contributed by atoms with Crippen LogP contribution in [-0.4, -0.2) is 11.8 Å². The van der Waals surface area contributed by atoms with E-state index in [4.69, 9.17) is 0 Å². The van der Waals surface area contributed by atoms with Crippen LogP contribution in [0.2, 0.25) is 0 Å². The Bertz CT molecular complexity index is 284. The summed E-state index contributed by atoms with van der Waals surface area (Å²) in [7, 11) is 0. The molecule has 0 bridgehead atoms. The molecule has 2 aliphatic rings. The van der Waals surface area contributed by atoms with Gasteiger partial charge in [0.15, 0.2) is 0 Å². The van der Waals surface area contributed by atoms with E-state index in [0.717, 1.165) is 5.70 Å².